The van der Waals surface area contributed by atoms with Crippen molar-refractivity contribution in [1.82, 2.24) is 10.3 Å². The summed E-state index contributed by atoms with van der Waals surface area (Å²) >= 11 is 0. The number of carbonyl (C=O) groups excluding carboxylic acids is 1. The Morgan fingerprint density at radius 3 is 2.59 bits per heavy atom. The number of nitrogens with zero attached hydrogens (tertiary/aromatic N) is 1. The quantitative estimate of drug-likeness (QED) is 0.570. The summed E-state index contributed by atoms with van der Waals surface area (Å²) in [6.07, 6.45) is 1.24. The van der Waals surface area contributed by atoms with Crippen molar-refractivity contribution in [1.29, 1.82) is 0 Å². The van der Waals surface area contributed by atoms with E-state index in [9.17, 15) is 22.4 Å². The molecule has 2 heterocycles. The van der Waals surface area contributed by atoms with E-state index in [1.165, 1.54) is 18.3 Å². The number of nitrogens with one attached hydrogen (secondary N) is 2. The summed E-state index contributed by atoms with van der Waals surface area (Å²) in [7, 11) is 0. The molecule has 1 aliphatic carbocycles. The van der Waals surface area contributed by atoms with Crippen LogP contribution in [0.25, 0.3) is 0 Å². The van der Waals surface area contributed by atoms with Gasteiger partial charge in [0, 0.05) is 29.5 Å². The second-order valence-corrected chi connectivity index (χ2v) is 7.45. The van der Waals surface area contributed by atoms with E-state index in [2.05, 4.69) is 15.6 Å². The number of benzene rings is 2. The standard InChI is InChI=1S/C22H15F4N3O3/c23-10-1-3-13(24)16(7-10)32-11-2-6-17(27-8-11)28-22(30)29-20-12-9-31-21-15(26)5-4-14(25)19(21)18(12)20/h1-8,12,18,20H,9H2,(H2,27,28,29,30)/t12-,18-,20?/m0/s1. The number of hydrogen-bond donors (Lipinski definition) is 2. The van der Waals surface area contributed by atoms with Gasteiger partial charge in [-0.3, -0.25) is 5.32 Å². The predicted molar refractivity (Wildman–Crippen MR) is 105 cm³/mol. The van der Waals surface area contributed by atoms with E-state index in [-0.39, 0.29) is 47.1 Å². The minimum absolute atomic E-state index is 0.108. The van der Waals surface area contributed by atoms with Gasteiger partial charge < -0.3 is 14.8 Å². The van der Waals surface area contributed by atoms with E-state index < -0.39 is 35.3 Å². The Morgan fingerprint density at radius 2 is 1.81 bits per heavy atom. The van der Waals surface area contributed by atoms with Gasteiger partial charge in [0.2, 0.25) is 0 Å². The topological polar surface area (TPSA) is 72.5 Å². The van der Waals surface area contributed by atoms with Gasteiger partial charge in [-0.05, 0) is 36.4 Å². The largest absolute Gasteiger partial charge is 0.490 e. The maximum atomic E-state index is 14.2. The fraction of sp³-hybridized carbons (Fsp3) is 0.182. The summed E-state index contributed by atoms with van der Waals surface area (Å²) < 4.78 is 65.6. The molecule has 2 amide bonds. The molecule has 2 aromatic carbocycles. The van der Waals surface area contributed by atoms with Gasteiger partial charge >= 0.3 is 6.03 Å². The Kier molecular flexibility index (Phi) is 4.84. The van der Waals surface area contributed by atoms with Crippen LogP contribution in [0.15, 0.2) is 48.7 Å². The van der Waals surface area contributed by atoms with E-state index in [4.69, 9.17) is 9.47 Å². The first-order valence-electron chi connectivity index (χ1n) is 9.68. The van der Waals surface area contributed by atoms with Crippen LogP contribution >= 0.6 is 0 Å². The molecule has 1 aromatic heterocycles. The fourth-order valence-corrected chi connectivity index (χ4v) is 3.86. The molecule has 5 rings (SSSR count). The van der Waals surface area contributed by atoms with Gasteiger partial charge in [0.1, 0.15) is 23.2 Å². The van der Waals surface area contributed by atoms with Crippen molar-refractivity contribution in [3.8, 4) is 17.2 Å². The lowest BCUT2D eigenvalue weighted by Crippen LogP contribution is -2.32. The molecule has 0 spiro atoms. The van der Waals surface area contributed by atoms with Crippen molar-refractivity contribution < 1.29 is 31.8 Å². The number of rotatable bonds is 4. The van der Waals surface area contributed by atoms with Crippen molar-refractivity contribution in [2.24, 2.45) is 5.92 Å². The van der Waals surface area contributed by atoms with Crippen LogP contribution in [0.3, 0.4) is 0 Å². The average molecular weight is 445 g/mol. The molecule has 0 radical (unpaired) electrons. The third-order valence-electron chi connectivity index (χ3n) is 5.41. The summed E-state index contributed by atoms with van der Waals surface area (Å²) in [6, 6.07) is 6.71. The van der Waals surface area contributed by atoms with Crippen LogP contribution in [-0.4, -0.2) is 23.7 Å². The van der Waals surface area contributed by atoms with Gasteiger partial charge in [-0.1, -0.05) is 0 Å². The maximum absolute atomic E-state index is 14.2. The average Bonchev–Trinajstić information content (AvgIpc) is 3.47. The first-order chi connectivity index (χ1) is 15.4. The van der Waals surface area contributed by atoms with E-state index in [1.54, 1.807) is 0 Å². The van der Waals surface area contributed by atoms with Crippen molar-refractivity contribution in [3.05, 3.63) is 77.5 Å². The summed E-state index contributed by atoms with van der Waals surface area (Å²) in [4.78, 5) is 16.3. The number of anilines is 1. The number of ether oxygens (including phenoxy) is 2. The molecule has 1 unspecified atom stereocenters. The van der Waals surface area contributed by atoms with Gasteiger partial charge in [0.25, 0.3) is 0 Å². The number of amides is 2. The van der Waals surface area contributed by atoms with Gasteiger partial charge in [0.05, 0.1) is 12.8 Å². The molecule has 3 aromatic rings. The smallest absolute Gasteiger partial charge is 0.320 e. The Hall–Kier alpha value is -3.82. The molecule has 3 atom stereocenters. The SMILES string of the molecule is O=C(Nc1ccc(Oc2cc(F)ccc2F)cn1)NC1[C@H]2COc3c(F)ccc(F)c3[C@@H]12. The van der Waals surface area contributed by atoms with Gasteiger partial charge in [-0.25, -0.2) is 27.3 Å². The highest BCUT2D eigenvalue weighted by Gasteiger charge is 2.57. The molecule has 164 valence electrons. The Labute approximate surface area is 179 Å². The zero-order valence-electron chi connectivity index (χ0n) is 16.2. The van der Waals surface area contributed by atoms with Gasteiger partial charge in [-0.15, -0.1) is 0 Å². The Morgan fingerprint density at radius 1 is 1.03 bits per heavy atom. The van der Waals surface area contributed by atoms with E-state index in [0.29, 0.717) is 0 Å². The molecular weight excluding hydrogens is 430 g/mol. The molecule has 1 aliphatic heterocycles. The second kappa shape index (κ2) is 7.70. The van der Waals surface area contributed by atoms with Gasteiger partial charge in [0.15, 0.2) is 23.1 Å². The van der Waals surface area contributed by atoms with Crippen LogP contribution < -0.4 is 20.1 Å². The lowest BCUT2D eigenvalue weighted by Gasteiger charge is -2.16. The molecule has 2 aliphatic rings. The van der Waals surface area contributed by atoms with Crippen LogP contribution in [0, 0.1) is 29.2 Å². The van der Waals surface area contributed by atoms with E-state index in [1.807, 2.05) is 0 Å². The molecular formula is C22H15F4N3O3. The molecule has 1 fully saturated rings. The predicted octanol–water partition coefficient (Wildman–Crippen LogP) is 4.73. The van der Waals surface area contributed by atoms with Crippen LogP contribution in [-0.2, 0) is 0 Å². The van der Waals surface area contributed by atoms with E-state index >= 15 is 0 Å². The summed E-state index contributed by atoms with van der Waals surface area (Å²) in [5, 5.41) is 5.24. The van der Waals surface area contributed by atoms with Crippen LogP contribution in [0.4, 0.5) is 28.2 Å². The lowest BCUT2D eigenvalue weighted by molar-refractivity contribution is 0.247. The molecule has 32 heavy (non-hydrogen) atoms. The third-order valence-corrected chi connectivity index (χ3v) is 5.41. The highest BCUT2D eigenvalue weighted by Crippen LogP contribution is 2.55. The number of halogens is 4. The first kappa shape index (κ1) is 20.1. The monoisotopic (exact) mass is 445 g/mol. The van der Waals surface area contributed by atoms with Gasteiger partial charge in [-0.2, -0.15) is 0 Å². The summed E-state index contributed by atoms with van der Waals surface area (Å²) in [5.41, 5.74) is 0.135. The Bertz CT molecular complexity index is 1210. The van der Waals surface area contributed by atoms with Crippen LogP contribution in [0.2, 0.25) is 0 Å². The number of fused-ring (bicyclic) bond motifs is 3. The van der Waals surface area contributed by atoms with E-state index in [0.717, 1.165) is 30.3 Å². The summed E-state index contributed by atoms with van der Waals surface area (Å²) in [5.74, 6) is -3.23. The normalized spacial score (nSPS) is 20.4. The number of aromatic nitrogens is 1. The zero-order chi connectivity index (χ0) is 22.4. The van der Waals surface area contributed by atoms with Crippen molar-refractivity contribution in [2.75, 3.05) is 11.9 Å². The first-order valence-corrected chi connectivity index (χ1v) is 9.68. The highest BCUT2D eigenvalue weighted by molar-refractivity contribution is 5.89. The Balaban J connectivity index is 1.21. The molecule has 0 saturated heterocycles. The van der Waals surface area contributed by atoms with Crippen molar-refractivity contribution in [2.45, 2.75) is 12.0 Å². The summed E-state index contributed by atoms with van der Waals surface area (Å²) in [6.45, 7) is 0.171. The number of pyridine rings is 1. The lowest BCUT2D eigenvalue weighted by atomic mass is 10.0. The molecule has 0 bridgehead atoms. The van der Waals surface area contributed by atoms with Crippen molar-refractivity contribution >= 4 is 11.8 Å². The van der Waals surface area contributed by atoms with Crippen molar-refractivity contribution in [3.63, 3.8) is 0 Å². The highest BCUT2D eigenvalue weighted by atomic mass is 19.1. The molecule has 1 saturated carbocycles. The molecule has 6 nitrogen and oxygen atoms in total. The maximum Gasteiger partial charge on any atom is 0.320 e. The minimum Gasteiger partial charge on any atom is -0.490 e. The second-order valence-electron chi connectivity index (χ2n) is 7.45. The fourth-order valence-electron chi connectivity index (χ4n) is 3.86. The number of hydrogen-bond acceptors (Lipinski definition) is 4. The minimum atomic E-state index is -0.735. The number of carbonyl (C=O) groups is 1. The van der Waals surface area contributed by atoms with Crippen LogP contribution in [0.1, 0.15) is 11.5 Å². The number of urea groups is 1. The third kappa shape index (κ3) is 3.68. The zero-order valence-corrected chi connectivity index (χ0v) is 16.2. The molecule has 2 N–H and O–H groups in total. The molecule has 10 heteroatoms. The van der Waals surface area contributed by atoms with Crippen LogP contribution in [0.5, 0.6) is 17.2 Å².